The molecule has 0 heterocycles. The molecule has 3 rings (SSSR count). The average Bonchev–Trinajstić information content (AvgIpc) is 2.94. The molecule has 2 aliphatic carbocycles. The van der Waals surface area contributed by atoms with Gasteiger partial charge >= 0.3 is 0 Å². The summed E-state index contributed by atoms with van der Waals surface area (Å²) in [5.74, 6) is 0.832. The summed E-state index contributed by atoms with van der Waals surface area (Å²) in [5, 5.41) is 3.38. The lowest BCUT2D eigenvalue weighted by atomic mass is 9.68. The van der Waals surface area contributed by atoms with Gasteiger partial charge in [-0.3, -0.25) is 4.79 Å². The van der Waals surface area contributed by atoms with Crippen LogP contribution in [-0.2, 0) is 5.41 Å². The van der Waals surface area contributed by atoms with E-state index in [2.05, 4.69) is 59.0 Å². The number of hydrogen-bond acceptors (Lipinski definition) is 1. The lowest BCUT2D eigenvalue weighted by Crippen LogP contribution is -2.52. The molecule has 0 saturated heterocycles. The Morgan fingerprint density at radius 2 is 1.74 bits per heavy atom. The van der Waals surface area contributed by atoms with Gasteiger partial charge in [-0.25, -0.2) is 0 Å². The fourth-order valence-electron chi connectivity index (χ4n) is 5.00. The van der Waals surface area contributed by atoms with Crippen LogP contribution in [0.15, 0.2) is 24.3 Å². The van der Waals surface area contributed by atoms with Crippen molar-refractivity contribution < 1.29 is 4.79 Å². The van der Waals surface area contributed by atoms with Crippen LogP contribution in [0.3, 0.4) is 0 Å². The van der Waals surface area contributed by atoms with Gasteiger partial charge in [0.25, 0.3) is 5.91 Å². The molecule has 0 aromatic heterocycles. The van der Waals surface area contributed by atoms with E-state index in [9.17, 15) is 4.79 Å². The summed E-state index contributed by atoms with van der Waals surface area (Å²) in [5.41, 5.74) is 2.64. The molecule has 23 heavy (non-hydrogen) atoms. The number of nitrogens with one attached hydrogen (secondary N) is 1. The van der Waals surface area contributed by atoms with Gasteiger partial charge in [0.2, 0.25) is 0 Å². The summed E-state index contributed by atoms with van der Waals surface area (Å²) in [7, 11) is 0. The fourth-order valence-corrected chi connectivity index (χ4v) is 5.00. The number of amides is 1. The van der Waals surface area contributed by atoms with E-state index < -0.39 is 0 Å². The van der Waals surface area contributed by atoms with E-state index in [0.717, 1.165) is 11.5 Å². The zero-order chi connectivity index (χ0) is 17.0. The molecule has 126 valence electrons. The molecule has 2 saturated carbocycles. The van der Waals surface area contributed by atoms with E-state index in [-0.39, 0.29) is 28.2 Å². The lowest BCUT2D eigenvalue weighted by molar-refractivity contribution is 0.0737. The Kier molecular flexibility index (Phi) is 3.66. The SMILES string of the molecule is CC(C)(C)c1ccc(C(=O)N[C@H]2C(C)(C)[C@@H]3CC[C@]2(C)C3)cc1. The first-order valence-corrected chi connectivity index (χ1v) is 8.95. The predicted molar refractivity (Wildman–Crippen MR) is 95.6 cm³/mol. The highest BCUT2D eigenvalue weighted by atomic mass is 16.1. The minimum absolute atomic E-state index is 0.0808. The molecule has 2 heteroatoms. The molecular formula is C21H31NO. The third kappa shape index (κ3) is 2.70. The van der Waals surface area contributed by atoms with Gasteiger partial charge in [-0.05, 0) is 59.1 Å². The summed E-state index contributed by atoms with van der Waals surface area (Å²) < 4.78 is 0. The first-order chi connectivity index (χ1) is 10.5. The molecular weight excluding hydrogens is 282 g/mol. The Labute approximate surface area is 141 Å². The second-order valence-electron chi connectivity index (χ2n) is 9.65. The van der Waals surface area contributed by atoms with Crippen LogP contribution in [0.4, 0.5) is 0 Å². The van der Waals surface area contributed by atoms with Crippen LogP contribution in [0.25, 0.3) is 0 Å². The van der Waals surface area contributed by atoms with Gasteiger partial charge < -0.3 is 5.32 Å². The Morgan fingerprint density at radius 3 is 2.22 bits per heavy atom. The van der Waals surface area contributed by atoms with Gasteiger partial charge in [-0.1, -0.05) is 53.7 Å². The highest BCUT2D eigenvalue weighted by Crippen LogP contribution is 2.62. The Hall–Kier alpha value is -1.31. The topological polar surface area (TPSA) is 29.1 Å². The zero-order valence-electron chi connectivity index (χ0n) is 15.5. The maximum atomic E-state index is 12.8. The van der Waals surface area contributed by atoms with Crippen molar-refractivity contribution in [3.05, 3.63) is 35.4 Å². The van der Waals surface area contributed by atoms with Gasteiger partial charge in [0.1, 0.15) is 0 Å². The standard InChI is InChI=1S/C21H31NO/c1-19(2,3)15-9-7-14(8-10-15)17(23)22-18-20(4,5)16-11-12-21(18,6)13-16/h7-10,16,18H,11-13H2,1-6H3,(H,22,23)/t16-,18+,21-/m1/s1. The summed E-state index contributed by atoms with van der Waals surface area (Å²) >= 11 is 0. The van der Waals surface area contributed by atoms with Crippen molar-refractivity contribution in [1.82, 2.24) is 5.32 Å². The number of hydrogen-bond donors (Lipinski definition) is 1. The van der Waals surface area contributed by atoms with E-state index in [1.807, 2.05) is 12.1 Å². The molecule has 3 atom stereocenters. The van der Waals surface area contributed by atoms with Crippen molar-refractivity contribution in [2.75, 3.05) is 0 Å². The molecule has 2 fully saturated rings. The third-order valence-corrected chi connectivity index (χ3v) is 6.56. The number of fused-ring (bicyclic) bond motifs is 2. The largest absolute Gasteiger partial charge is 0.348 e. The van der Waals surface area contributed by atoms with Crippen LogP contribution >= 0.6 is 0 Å². The number of benzene rings is 1. The number of carbonyl (C=O) groups is 1. The van der Waals surface area contributed by atoms with E-state index in [4.69, 9.17) is 0 Å². The highest BCUT2D eigenvalue weighted by molar-refractivity contribution is 5.94. The summed E-state index contributed by atoms with van der Waals surface area (Å²) in [6.07, 6.45) is 3.82. The fraction of sp³-hybridized carbons (Fsp3) is 0.667. The Morgan fingerprint density at radius 1 is 1.13 bits per heavy atom. The van der Waals surface area contributed by atoms with E-state index in [1.165, 1.54) is 24.8 Å². The lowest BCUT2D eigenvalue weighted by Gasteiger charge is -2.43. The first kappa shape index (κ1) is 16.5. The minimum atomic E-state index is 0.0808. The maximum Gasteiger partial charge on any atom is 0.251 e. The molecule has 1 aromatic rings. The van der Waals surface area contributed by atoms with E-state index >= 15 is 0 Å². The highest BCUT2D eigenvalue weighted by Gasteiger charge is 2.59. The second-order valence-corrected chi connectivity index (χ2v) is 9.65. The molecule has 1 amide bonds. The van der Waals surface area contributed by atoms with Gasteiger partial charge in [0.15, 0.2) is 0 Å². The molecule has 0 unspecified atom stereocenters. The van der Waals surface area contributed by atoms with Crippen LogP contribution in [0.2, 0.25) is 0 Å². The summed E-state index contributed by atoms with van der Waals surface area (Å²) in [6, 6.07) is 8.39. The molecule has 0 aliphatic heterocycles. The van der Waals surface area contributed by atoms with Gasteiger partial charge in [0.05, 0.1) is 0 Å². The minimum Gasteiger partial charge on any atom is -0.348 e. The van der Waals surface area contributed by atoms with Crippen LogP contribution in [-0.4, -0.2) is 11.9 Å². The van der Waals surface area contributed by atoms with Crippen molar-refractivity contribution in [2.24, 2.45) is 16.7 Å². The average molecular weight is 313 g/mol. The van der Waals surface area contributed by atoms with Crippen LogP contribution in [0.1, 0.15) is 76.7 Å². The summed E-state index contributed by atoms with van der Waals surface area (Å²) in [6.45, 7) is 13.6. The van der Waals surface area contributed by atoms with Crippen LogP contribution in [0.5, 0.6) is 0 Å². The maximum absolute atomic E-state index is 12.8. The number of rotatable bonds is 2. The van der Waals surface area contributed by atoms with Crippen molar-refractivity contribution in [3.8, 4) is 0 Å². The quantitative estimate of drug-likeness (QED) is 0.824. The number of carbonyl (C=O) groups excluding carboxylic acids is 1. The smallest absolute Gasteiger partial charge is 0.251 e. The van der Waals surface area contributed by atoms with E-state index in [0.29, 0.717) is 0 Å². The normalized spacial score (nSPS) is 32.1. The molecule has 2 aliphatic rings. The Bertz CT molecular complexity index is 603. The predicted octanol–water partition coefficient (Wildman–Crippen LogP) is 4.93. The second kappa shape index (κ2) is 5.09. The van der Waals surface area contributed by atoms with Gasteiger partial charge in [0, 0.05) is 11.6 Å². The molecule has 0 spiro atoms. The first-order valence-electron chi connectivity index (χ1n) is 8.95. The van der Waals surface area contributed by atoms with E-state index in [1.54, 1.807) is 0 Å². The van der Waals surface area contributed by atoms with Crippen molar-refractivity contribution >= 4 is 5.91 Å². The van der Waals surface area contributed by atoms with Gasteiger partial charge in [-0.15, -0.1) is 0 Å². The molecule has 2 bridgehead atoms. The molecule has 1 aromatic carbocycles. The summed E-state index contributed by atoms with van der Waals surface area (Å²) in [4.78, 5) is 12.8. The van der Waals surface area contributed by atoms with Gasteiger partial charge in [-0.2, -0.15) is 0 Å². The monoisotopic (exact) mass is 313 g/mol. The third-order valence-electron chi connectivity index (χ3n) is 6.56. The van der Waals surface area contributed by atoms with Crippen molar-refractivity contribution in [2.45, 2.75) is 72.3 Å². The molecule has 1 N–H and O–H groups in total. The Balaban J connectivity index is 1.77. The zero-order valence-corrected chi connectivity index (χ0v) is 15.5. The molecule has 0 radical (unpaired) electrons. The van der Waals surface area contributed by atoms with Crippen LogP contribution < -0.4 is 5.32 Å². The van der Waals surface area contributed by atoms with Crippen molar-refractivity contribution in [3.63, 3.8) is 0 Å². The van der Waals surface area contributed by atoms with Crippen molar-refractivity contribution in [1.29, 1.82) is 0 Å². The molecule has 2 nitrogen and oxygen atoms in total. The van der Waals surface area contributed by atoms with Crippen LogP contribution in [0, 0.1) is 16.7 Å².